The highest BCUT2D eigenvalue weighted by Gasteiger charge is 2.18. The van der Waals surface area contributed by atoms with Gasteiger partial charge in [0.1, 0.15) is 0 Å². The van der Waals surface area contributed by atoms with Crippen molar-refractivity contribution in [3.8, 4) is 5.75 Å². The van der Waals surface area contributed by atoms with Gasteiger partial charge in [0.15, 0.2) is 5.75 Å². The third-order valence-corrected chi connectivity index (χ3v) is 2.51. The van der Waals surface area contributed by atoms with E-state index in [2.05, 4.69) is 0 Å². The summed E-state index contributed by atoms with van der Waals surface area (Å²) in [5.74, 6) is 0.293. The molecule has 0 spiro atoms. The van der Waals surface area contributed by atoms with Crippen LogP contribution in [0.3, 0.4) is 0 Å². The topological polar surface area (TPSA) is 52.4 Å². The van der Waals surface area contributed by atoms with Crippen molar-refractivity contribution >= 4 is 16.5 Å². The van der Waals surface area contributed by atoms with Crippen molar-refractivity contribution in [3.05, 3.63) is 46.0 Å². The van der Waals surface area contributed by atoms with Gasteiger partial charge in [0.25, 0.3) is 0 Å². The number of nitrogens with zero attached hydrogens (tertiary/aromatic N) is 1. The van der Waals surface area contributed by atoms with E-state index in [4.69, 9.17) is 4.74 Å². The van der Waals surface area contributed by atoms with E-state index >= 15 is 0 Å². The Morgan fingerprint density at radius 3 is 2.62 bits per heavy atom. The molecular weight excluding hydrogens is 206 g/mol. The summed E-state index contributed by atoms with van der Waals surface area (Å²) in [4.78, 5) is 10.6. The van der Waals surface area contributed by atoms with Crippen LogP contribution in [0, 0.1) is 17.0 Å². The summed E-state index contributed by atoms with van der Waals surface area (Å²) in [7, 11) is 1.43. The highest BCUT2D eigenvalue weighted by Crippen LogP contribution is 2.35. The number of aryl methyl sites for hydroxylation is 1. The molecule has 2 rings (SSSR count). The molecule has 2 aromatic carbocycles. The van der Waals surface area contributed by atoms with Gasteiger partial charge in [-0.1, -0.05) is 23.8 Å². The van der Waals surface area contributed by atoms with E-state index < -0.39 is 4.92 Å². The summed E-state index contributed by atoms with van der Waals surface area (Å²) < 4.78 is 5.00. The van der Waals surface area contributed by atoms with Crippen molar-refractivity contribution in [2.75, 3.05) is 7.11 Å². The first-order valence-electron chi connectivity index (χ1n) is 4.85. The molecule has 0 fully saturated rings. The van der Waals surface area contributed by atoms with Crippen LogP contribution in [0.15, 0.2) is 30.3 Å². The number of rotatable bonds is 2. The Balaban J connectivity index is 2.84. The molecule has 0 aliphatic carbocycles. The number of nitro groups is 1. The molecule has 16 heavy (non-hydrogen) atoms. The van der Waals surface area contributed by atoms with Crippen LogP contribution in [0.25, 0.3) is 10.8 Å². The standard InChI is InChI=1S/C12H11NO3/c1-8-3-5-10-9(7-8)4-6-11(16-2)12(10)13(14)15/h3-7H,1-2H3. The van der Waals surface area contributed by atoms with E-state index in [0.717, 1.165) is 10.9 Å². The first-order valence-corrected chi connectivity index (χ1v) is 4.85. The molecule has 0 atom stereocenters. The monoisotopic (exact) mass is 217 g/mol. The third kappa shape index (κ3) is 1.58. The zero-order valence-corrected chi connectivity index (χ0v) is 9.06. The molecule has 0 radical (unpaired) electrons. The van der Waals surface area contributed by atoms with Gasteiger partial charge in [-0.05, 0) is 24.4 Å². The largest absolute Gasteiger partial charge is 0.490 e. The molecule has 0 aliphatic rings. The van der Waals surface area contributed by atoms with Crippen molar-refractivity contribution in [1.29, 1.82) is 0 Å². The fraction of sp³-hybridized carbons (Fsp3) is 0.167. The summed E-state index contributed by atoms with van der Waals surface area (Å²) >= 11 is 0. The highest BCUT2D eigenvalue weighted by molar-refractivity contribution is 5.93. The number of hydrogen-bond acceptors (Lipinski definition) is 3. The normalized spacial score (nSPS) is 10.4. The first kappa shape index (κ1) is 10.4. The molecule has 0 aromatic heterocycles. The van der Waals surface area contributed by atoms with E-state index in [1.165, 1.54) is 7.11 Å². The Labute approximate surface area is 92.6 Å². The van der Waals surface area contributed by atoms with Crippen molar-refractivity contribution in [1.82, 2.24) is 0 Å². The van der Waals surface area contributed by atoms with E-state index in [0.29, 0.717) is 11.1 Å². The van der Waals surface area contributed by atoms with Gasteiger partial charge in [-0.25, -0.2) is 0 Å². The quantitative estimate of drug-likeness (QED) is 0.573. The zero-order chi connectivity index (χ0) is 11.7. The lowest BCUT2D eigenvalue weighted by molar-refractivity contribution is -0.383. The van der Waals surface area contributed by atoms with Gasteiger partial charge in [0.05, 0.1) is 17.4 Å². The molecule has 0 N–H and O–H groups in total. The Morgan fingerprint density at radius 2 is 2.00 bits per heavy atom. The van der Waals surface area contributed by atoms with Crippen LogP contribution in [0.5, 0.6) is 5.75 Å². The minimum atomic E-state index is -0.406. The lowest BCUT2D eigenvalue weighted by Crippen LogP contribution is -1.94. The number of benzene rings is 2. The minimum Gasteiger partial charge on any atom is -0.490 e. The maximum Gasteiger partial charge on any atom is 0.318 e. The van der Waals surface area contributed by atoms with Crippen molar-refractivity contribution in [2.24, 2.45) is 0 Å². The van der Waals surface area contributed by atoms with Crippen LogP contribution in [0.1, 0.15) is 5.56 Å². The van der Waals surface area contributed by atoms with E-state index in [1.54, 1.807) is 12.1 Å². The molecule has 2 aromatic rings. The maximum atomic E-state index is 11.0. The summed E-state index contributed by atoms with van der Waals surface area (Å²) in [6.45, 7) is 1.95. The van der Waals surface area contributed by atoms with Crippen LogP contribution in [0.4, 0.5) is 5.69 Å². The molecule has 0 heterocycles. The van der Waals surface area contributed by atoms with Crippen LogP contribution < -0.4 is 4.74 Å². The van der Waals surface area contributed by atoms with Gasteiger partial charge in [-0.2, -0.15) is 0 Å². The minimum absolute atomic E-state index is 0.0278. The lowest BCUT2D eigenvalue weighted by Gasteiger charge is -2.05. The molecule has 4 heteroatoms. The second-order valence-corrected chi connectivity index (χ2v) is 3.60. The maximum absolute atomic E-state index is 11.0. The van der Waals surface area contributed by atoms with Gasteiger partial charge in [0, 0.05) is 0 Å². The van der Waals surface area contributed by atoms with Gasteiger partial charge >= 0.3 is 5.69 Å². The fourth-order valence-corrected chi connectivity index (χ4v) is 1.77. The van der Waals surface area contributed by atoms with Gasteiger partial charge in [-0.15, -0.1) is 0 Å². The number of fused-ring (bicyclic) bond motifs is 1. The first-order chi connectivity index (χ1) is 7.63. The Kier molecular flexibility index (Phi) is 2.48. The van der Waals surface area contributed by atoms with Gasteiger partial charge in [0.2, 0.25) is 0 Å². The van der Waals surface area contributed by atoms with Gasteiger partial charge in [-0.3, -0.25) is 10.1 Å². The SMILES string of the molecule is COc1ccc2cc(C)ccc2c1[N+](=O)[O-]. The van der Waals surface area contributed by atoms with Crippen molar-refractivity contribution in [2.45, 2.75) is 6.92 Å². The summed E-state index contributed by atoms with van der Waals surface area (Å²) in [6, 6.07) is 8.98. The lowest BCUT2D eigenvalue weighted by atomic mass is 10.1. The number of methoxy groups -OCH3 is 1. The molecule has 0 amide bonds. The van der Waals surface area contributed by atoms with E-state index in [1.807, 2.05) is 25.1 Å². The molecule has 4 nitrogen and oxygen atoms in total. The molecular formula is C12H11NO3. The predicted octanol–water partition coefficient (Wildman–Crippen LogP) is 3.07. The second-order valence-electron chi connectivity index (χ2n) is 3.60. The fourth-order valence-electron chi connectivity index (χ4n) is 1.77. The van der Waals surface area contributed by atoms with Crippen LogP contribution >= 0.6 is 0 Å². The summed E-state index contributed by atoms with van der Waals surface area (Å²) in [5.41, 5.74) is 1.10. The van der Waals surface area contributed by atoms with E-state index in [9.17, 15) is 10.1 Å². The van der Waals surface area contributed by atoms with Gasteiger partial charge < -0.3 is 4.74 Å². The average molecular weight is 217 g/mol. The van der Waals surface area contributed by atoms with Crippen molar-refractivity contribution < 1.29 is 9.66 Å². The molecule has 82 valence electrons. The Bertz CT molecular complexity index is 563. The molecule has 0 saturated heterocycles. The van der Waals surface area contributed by atoms with Crippen molar-refractivity contribution in [3.63, 3.8) is 0 Å². The Hall–Kier alpha value is -2.10. The third-order valence-electron chi connectivity index (χ3n) is 2.51. The summed E-state index contributed by atoms with van der Waals surface area (Å²) in [6.07, 6.45) is 0. The molecule has 0 bridgehead atoms. The summed E-state index contributed by atoms with van der Waals surface area (Å²) in [5, 5.41) is 12.5. The molecule has 0 aliphatic heterocycles. The van der Waals surface area contributed by atoms with Crippen LogP contribution in [-0.2, 0) is 0 Å². The average Bonchev–Trinajstić information content (AvgIpc) is 2.26. The molecule has 0 saturated carbocycles. The number of ether oxygens (including phenoxy) is 1. The van der Waals surface area contributed by atoms with Crippen LogP contribution in [0.2, 0.25) is 0 Å². The zero-order valence-electron chi connectivity index (χ0n) is 9.06. The Morgan fingerprint density at radius 1 is 1.25 bits per heavy atom. The van der Waals surface area contributed by atoms with E-state index in [-0.39, 0.29) is 5.69 Å². The number of nitro benzene ring substituents is 1. The predicted molar refractivity (Wildman–Crippen MR) is 61.9 cm³/mol. The smallest absolute Gasteiger partial charge is 0.318 e. The second kappa shape index (κ2) is 3.81. The van der Waals surface area contributed by atoms with Crippen LogP contribution in [-0.4, -0.2) is 12.0 Å². The molecule has 0 unspecified atom stereocenters. The number of hydrogen-bond donors (Lipinski definition) is 0. The highest BCUT2D eigenvalue weighted by atomic mass is 16.6.